The number of halogens is 1. The third kappa shape index (κ3) is 4.55. The van der Waals surface area contributed by atoms with Gasteiger partial charge >= 0.3 is 0 Å². The maximum absolute atomic E-state index is 14.1. The molecule has 0 aliphatic heterocycles. The molecule has 1 aliphatic rings. The van der Waals surface area contributed by atoms with Crippen LogP contribution in [0.2, 0.25) is 0 Å². The van der Waals surface area contributed by atoms with Gasteiger partial charge in [0, 0.05) is 12.8 Å². The number of fused-ring (bicyclic) bond motifs is 1. The second kappa shape index (κ2) is 9.36. The van der Waals surface area contributed by atoms with Crippen molar-refractivity contribution in [3.8, 4) is 17.2 Å². The van der Waals surface area contributed by atoms with Gasteiger partial charge in [-0.15, -0.1) is 0 Å². The van der Waals surface area contributed by atoms with Crippen LogP contribution in [0.15, 0.2) is 58.9 Å². The van der Waals surface area contributed by atoms with Crippen molar-refractivity contribution >= 4 is 23.0 Å². The lowest BCUT2D eigenvalue weighted by Gasteiger charge is -2.11. The Kier molecular flexibility index (Phi) is 6.36. The highest BCUT2D eigenvalue weighted by molar-refractivity contribution is 6.05. The van der Waals surface area contributed by atoms with E-state index in [0.717, 1.165) is 39.0 Å². The van der Waals surface area contributed by atoms with Crippen LogP contribution in [0.4, 0.5) is 4.39 Å². The van der Waals surface area contributed by atoms with E-state index in [1.807, 2.05) is 13.0 Å². The third-order valence-electron chi connectivity index (χ3n) is 5.90. The molecule has 0 atom stereocenters. The molecule has 170 valence electrons. The molecule has 1 aromatic heterocycles. The van der Waals surface area contributed by atoms with Gasteiger partial charge in [-0.2, -0.15) is 0 Å². The molecule has 1 heterocycles. The predicted molar refractivity (Wildman–Crippen MR) is 125 cm³/mol. The molecule has 0 bridgehead atoms. The van der Waals surface area contributed by atoms with Crippen molar-refractivity contribution in [1.29, 1.82) is 0 Å². The normalized spacial score (nSPS) is 14.0. The Labute approximate surface area is 191 Å². The summed E-state index contributed by atoms with van der Waals surface area (Å²) in [6.45, 7) is 1.98. The number of benzene rings is 2. The monoisotopic (exact) mass is 448 g/mol. The number of Topliss-reactive ketones (excluding diaryl/α,β-unsaturated/α-hetero) is 1. The second-order valence-corrected chi connectivity index (χ2v) is 7.97. The summed E-state index contributed by atoms with van der Waals surface area (Å²) >= 11 is 0. The van der Waals surface area contributed by atoms with Gasteiger partial charge < -0.3 is 19.0 Å². The molecule has 3 aromatic rings. The molecule has 5 nitrogen and oxygen atoms in total. The number of ketones is 1. The molecule has 1 N–H and O–H groups in total. The molecule has 2 aromatic carbocycles. The van der Waals surface area contributed by atoms with Crippen molar-refractivity contribution in [2.75, 3.05) is 14.2 Å². The van der Waals surface area contributed by atoms with Gasteiger partial charge in [-0.3, -0.25) is 4.79 Å². The Balaban J connectivity index is 1.69. The van der Waals surface area contributed by atoms with Gasteiger partial charge in [-0.25, -0.2) is 4.39 Å². The van der Waals surface area contributed by atoms with Crippen molar-refractivity contribution in [3.63, 3.8) is 0 Å². The fraction of sp³-hybridized carbons (Fsp3) is 0.222. The van der Waals surface area contributed by atoms with Gasteiger partial charge in [-0.1, -0.05) is 6.07 Å². The number of hydrogen-bond donors (Lipinski definition) is 1. The van der Waals surface area contributed by atoms with Crippen molar-refractivity contribution < 1.29 is 28.2 Å². The number of aromatic hydroxyl groups is 1. The van der Waals surface area contributed by atoms with E-state index in [9.17, 15) is 14.3 Å². The van der Waals surface area contributed by atoms with Gasteiger partial charge in [0.2, 0.25) is 5.75 Å². The number of hydrogen-bond acceptors (Lipinski definition) is 5. The smallest absolute Gasteiger partial charge is 0.200 e. The minimum absolute atomic E-state index is 0.0693. The molecule has 0 fully saturated rings. The van der Waals surface area contributed by atoms with Gasteiger partial charge in [0.1, 0.15) is 11.6 Å². The lowest BCUT2D eigenvalue weighted by Crippen LogP contribution is -2.02. The quantitative estimate of drug-likeness (QED) is 0.454. The fourth-order valence-corrected chi connectivity index (χ4v) is 4.21. The SMILES string of the molecule is COc1cc(C=C2C(C)=C(CCC(=O)Cc3ccoc3)c3cc(F)ccc32)cc(OC)c1O. The second-order valence-electron chi connectivity index (χ2n) is 7.97. The third-order valence-corrected chi connectivity index (χ3v) is 5.90. The highest BCUT2D eigenvalue weighted by Crippen LogP contribution is 2.45. The maximum Gasteiger partial charge on any atom is 0.200 e. The lowest BCUT2D eigenvalue weighted by atomic mass is 9.98. The zero-order valence-corrected chi connectivity index (χ0v) is 18.8. The fourth-order valence-electron chi connectivity index (χ4n) is 4.21. The number of methoxy groups -OCH3 is 2. The Morgan fingerprint density at radius 2 is 1.82 bits per heavy atom. The van der Waals surface area contributed by atoms with E-state index in [4.69, 9.17) is 13.9 Å². The van der Waals surface area contributed by atoms with Crippen LogP contribution in [0.3, 0.4) is 0 Å². The molecule has 0 amide bonds. The number of carbonyl (C=O) groups is 1. The Morgan fingerprint density at radius 3 is 2.45 bits per heavy atom. The van der Waals surface area contributed by atoms with E-state index in [2.05, 4.69) is 0 Å². The first kappa shape index (κ1) is 22.4. The lowest BCUT2D eigenvalue weighted by molar-refractivity contribution is -0.118. The van der Waals surface area contributed by atoms with Crippen LogP contribution < -0.4 is 9.47 Å². The predicted octanol–water partition coefficient (Wildman–Crippen LogP) is 6.06. The van der Waals surface area contributed by atoms with E-state index >= 15 is 0 Å². The van der Waals surface area contributed by atoms with Crippen molar-refractivity contribution in [2.45, 2.75) is 26.2 Å². The number of phenols is 1. The van der Waals surface area contributed by atoms with Crippen molar-refractivity contribution in [1.82, 2.24) is 0 Å². The first-order chi connectivity index (χ1) is 15.9. The summed E-state index contributed by atoms with van der Waals surface area (Å²) in [6.07, 6.45) is 6.26. The van der Waals surface area contributed by atoms with Crippen molar-refractivity contribution in [3.05, 3.63) is 82.6 Å². The zero-order valence-electron chi connectivity index (χ0n) is 18.8. The van der Waals surface area contributed by atoms with Gasteiger partial charge in [0.25, 0.3) is 0 Å². The molecule has 33 heavy (non-hydrogen) atoms. The van der Waals surface area contributed by atoms with Crippen LogP contribution in [-0.4, -0.2) is 25.1 Å². The summed E-state index contributed by atoms with van der Waals surface area (Å²) in [5, 5.41) is 10.2. The topological polar surface area (TPSA) is 68.9 Å². The van der Waals surface area contributed by atoms with E-state index in [-0.39, 0.29) is 17.3 Å². The van der Waals surface area contributed by atoms with Crippen LogP contribution in [0.25, 0.3) is 17.2 Å². The molecule has 1 aliphatic carbocycles. The first-order valence-electron chi connectivity index (χ1n) is 10.6. The summed E-state index contributed by atoms with van der Waals surface area (Å²) in [5.74, 6) is 0.300. The number of rotatable bonds is 8. The van der Waals surface area contributed by atoms with Crippen LogP contribution in [0.5, 0.6) is 17.2 Å². The average Bonchev–Trinajstić information content (AvgIpc) is 3.39. The number of phenolic OH excluding ortho intramolecular Hbond substituents is 1. The minimum Gasteiger partial charge on any atom is -0.502 e. The molecule has 0 saturated carbocycles. The molecule has 4 rings (SSSR count). The molecule has 0 spiro atoms. The van der Waals surface area contributed by atoms with Gasteiger partial charge in [-0.05, 0) is 88.7 Å². The summed E-state index contributed by atoms with van der Waals surface area (Å²) in [6, 6.07) is 9.93. The highest BCUT2D eigenvalue weighted by atomic mass is 19.1. The van der Waals surface area contributed by atoms with E-state index in [0.29, 0.717) is 30.8 Å². The van der Waals surface area contributed by atoms with E-state index < -0.39 is 0 Å². The molecule has 0 radical (unpaired) electrons. The highest BCUT2D eigenvalue weighted by Gasteiger charge is 2.25. The Morgan fingerprint density at radius 1 is 1.09 bits per heavy atom. The number of allylic oxidation sites excluding steroid dienone is 3. The largest absolute Gasteiger partial charge is 0.502 e. The van der Waals surface area contributed by atoms with Crippen LogP contribution in [-0.2, 0) is 11.2 Å². The minimum atomic E-state index is -0.321. The van der Waals surface area contributed by atoms with Gasteiger partial charge in [0.05, 0.1) is 26.7 Å². The number of carbonyl (C=O) groups excluding carboxylic acids is 1. The van der Waals surface area contributed by atoms with Crippen LogP contribution in [0.1, 0.15) is 42.0 Å². The Bertz CT molecular complexity index is 1230. The molecule has 6 heteroatoms. The molecular formula is C27H25FO5. The van der Waals surface area contributed by atoms with E-state index in [1.165, 1.54) is 26.4 Å². The van der Waals surface area contributed by atoms with E-state index in [1.54, 1.807) is 36.8 Å². The summed E-state index contributed by atoms with van der Waals surface area (Å²) in [7, 11) is 2.95. The summed E-state index contributed by atoms with van der Waals surface area (Å²) in [4.78, 5) is 12.5. The summed E-state index contributed by atoms with van der Waals surface area (Å²) < 4.78 is 29.7. The van der Waals surface area contributed by atoms with Crippen LogP contribution >= 0.6 is 0 Å². The number of ether oxygens (including phenoxy) is 2. The molecular weight excluding hydrogens is 423 g/mol. The van der Waals surface area contributed by atoms with Crippen LogP contribution in [0, 0.1) is 5.82 Å². The zero-order chi connectivity index (χ0) is 23.5. The number of furan rings is 1. The molecule has 0 unspecified atom stereocenters. The Hall–Kier alpha value is -3.80. The van der Waals surface area contributed by atoms with Gasteiger partial charge in [0.15, 0.2) is 11.5 Å². The van der Waals surface area contributed by atoms with Crippen molar-refractivity contribution in [2.24, 2.45) is 0 Å². The average molecular weight is 448 g/mol. The molecule has 0 saturated heterocycles. The standard InChI is InChI=1S/C27H25FO5/c1-16-21(7-5-20(29)10-17-8-9-33-15-17)24-14-19(28)4-6-22(24)23(16)11-18-12-25(31-2)27(30)26(13-18)32-3/h4,6,8-9,11-15,30H,5,7,10H2,1-3H3. The summed E-state index contributed by atoms with van der Waals surface area (Å²) in [5.41, 5.74) is 6.18. The maximum atomic E-state index is 14.1. The first-order valence-corrected chi connectivity index (χ1v) is 10.6.